The van der Waals surface area contributed by atoms with E-state index in [-0.39, 0.29) is 5.69 Å². The van der Waals surface area contributed by atoms with Gasteiger partial charge in [-0.25, -0.2) is 0 Å². The molecular weight excluding hydrogens is 276 g/mol. The zero-order valence-corrected chi connectivity index (χ0v) is 11.1. The van der Waals surface area contributed by atoms with Gasteiger partial charge in [0.2, 0.25) is 0 Å². The zero-order chi connectivity index (χ0) is 14.1. The summed E-state index contributed by atoms with van der Waals surface area (Å²) in [5.41, 5.74) is 7.66. The number of nitro groups is 1. The van der Waals surface area contributed by atoms with E-state index in [2.05, 4.69) is 10.2 Å². The number of benzene rings is 1. The second kappa shape index (κ2) is 4.78. The predicted octanol–water partition coefficient (Wildman–Crippen LogP) is 3.30. The SMILES string of the molecule is Nc1n[nH]c(-c2ccccc2[N+](=O)[O-])c1-c1cccs1. The van der Waals surface area contributed by atoms with Crippen LogP contribution in [0.15, 0.2) is 41.8 Å². The average Bonchev–Trinajstić information content (AvgIpc) is 3.07. The van der Waals surface area contributed by atoms with Gasteiger partial charge in [0.05, 0.1) is 21.7 Å². The summed E-state index contributed by atoms with van der Waals surface area (Å²) in [6.07, 6.45) is 0. The normalized spacial score (nSPS) is 10.6. The Kier molecular flexibility index (Phi) is 2.96. The summed E-state index contributed by atoms with van der Waals surface area (Å²) in [4.78, 5) is 11.7. The summed E-state index contributed by atoms with van der Waals surface area (Å²) >= 11 is 1.51. The Morgan fingerprint density at radius 1 is 1.25 bits per heavy atom. The smallest absolute Gasteiger partial charge is 0.278 e. The molecule has 3 rings (SSSR count). The quantitative estimate of drug-likeness (QED) is 0.570. The van der Waals surface area contributed by atoms with Crippen LogP contribution in [-0.2, 0) is 0 Å². The van der Waals surface area contributed by atoms with Crippen LogP contribution in [-0.4, -0.2) is 15.1 Å². The Morgan fingerprint density at radius 3 is 2.75 bits per heavy atom. The first-order valence-corrected chi connectivity index (χ1v) is 6.68. The number of aromatic amines is 1. The molecule has 0 fully saturated rings. The number of anilines is 1. The molecule has 3 N–H and O–H groups in total. The number of hydrogen-bond acceptors (Lipinski definition) is 5. The second-order valence-electron chi connectivity index (χ2n) is 4.11. The molecule has 0 aliphatic carbocycles. The lowest BCUT2D eigenvalue weighted by Gasteiger charge is -2.03. The first-order chi connectivity index (χ1) is 9.68. The Labute approximate surface area is 118 Å². The number of nitrogens with one attached hydrogen (secondary N) is 1. The monoisotopic (exact) mass is 286 g/mol. The Hall–Kier alpha value is -2.67. The van der Waals surface area contributed by atoms with E-state index in [1.54, 1.807) is 18.2 Å². The van der Waals surface area contributed by atoms with Gasteiger partial charge in [-0.2, -0.15) is 5.10 Å². The molecule has 20 heavy (non-hydrogen) atoms. The second-order valence-corrected chi connectivity index (χ2v) is 5.06. The minimum Gasteiger partial charge on any atom is -0.382 e. The van der Waals surface area contributed by atoms with Gasteiger partial charge in [-0.05, 0) is 17.5 Å². The van der Waals surface area contributed by atoms with E-state index in [9.17, 15) is 10.1 Å². The largest absolute Gasteiger partial charge is 0.382 e. The lowest BCUT2D eigenvalue weighted by molar-refractivity contribution is -0.384. The topological polar surface area (TPSA) is 97.8 Å². The standard InChI is InChI=1S/C13H10N4O2S/c14-13-11(10-6-3-7-20-10)12(15-16-13)8-4-1-2-5-9(8)17(18)19/h1-7H,(H3,14,15,16). The minimum absolute atomic E-state index is 0.0222. The average molecular weight is 286 g/mol. The van der Waals surface area contributed by atoms with Crippen LogP contribution in [0.3, 0.4) is 0 Å². The van der Waals surface area contributed by atoms with Gasteiger partial charge in [-0.1, -0.05) is 18.2 Å². The molecule has 0 saturated carbocycles. The van der Waals surface area contributed by atoms with Crippen molar-refractivity contribution in [2.45, 2.75) is 0 Å². The zero-order valence-electron chi connectivity index (χ0n) is 10.2. The molecule has 2 aromatic heterocycles. The highest BCUT2D eigenvalue weighted by Gasteiger charge is 2.22. The van der Waals surface area contributed by atoms with Crippen molar-refractivity contribution in [2.75, 3.05) is 5.73 Å². The van der Waals surface area contributed by atoms with Crippen molar-refractivity contribution in [3.63, 3.8) is 0 Å². The summed E-state index contributed by atoms with van der Waals surface area (Å²) in [5.74, 6) is 0.334. The molecule has 0 bridgehead atoms. The van der Waals surface area contributed by atoms with Crippen LogP contribution in [0.2, 0.25) is 0 Å². The fourth-order valence-corrected chi connectivity index (χ4v) is 2.85. The fourth-order valence-electron chi connectivity index (χ4n) is 2.07. The highest BCUT2D eigenvalue weighted by atomic mass is 32.1. The van der Waals surface area contributed by atoms with Crippen LogP contribution in [0, 0.1) is 10.1 Å². The van der Waals surface area contributed by atoms with Crippen LogP contribution in [0.5, 0.6) is 0 Å². The molecule has 6 nitrogen and oxygen atoms in total. The molecule has 1 aromatic carbocycles. The number of nitrogens with zero attached hydrogens (tertiary/aromatic N) is 2. The number of rotatable bonds is 3. The van der Waals surface area contributed by atoms with Crippen molar-refractivity contribution < 1.29 is 4.92 Å². The van der Waals surface area contributed by atoms with Crippen LogP contribution in [0.1, 0.15) is 0 Å². The first-order valence-electron chi connectivity index (χ1n) is 5.80. The van der Waals surface area contributed by atoms with E-state index in [0.717, 1.165) is 4.88 Å². The molecule has 2 heterocycles. The Bertz CT molecular complexity index is 765. The first kappa shape index (κ1) is 12.4. The molecular formula is C13H10N4O2S. The molecule has 0 aliphatic rings. The predicted molar refractivity (Wildman–Crippen MR) is 78.4 cm³/mol. The molecule has 7 heteroatoms. The van der Waals surface area contributed by atoms with Crippen molar-refractivity contribution in [3.05, 3.63) is 51.9 Å². The molecule has 0 radical (unpaired) electrons. The lowest BCUT2D eigenvalue weighted by Crippen LogP contribution is -1.93. The van der Waals surface area contributed by atoms with Crippen molar-refractivity contribution in [2.24, 2.45) is 0 Å². The van der Waals surface area contributed by atoms with Gasteiger partial charge in [0.1, 0.15) is 0 Å². The minimum atomic E-state index is -0.412. The number of para-hydroxylation sites is 1. The fraction of sp³-hybridized carbons (Fsp3) is 0. The van der Waals surface area contributed by atoms with E-state index in [1.807, 2.05) is 17.5 Å². The number of nitrogen functional groups attached to an aromatic ring is 1. The third-order valence-electron chi connectivity index (χ3n) is 2.93. The highest BCUT2D eigenvalue weighted by Crippen LogP contribution is 2.40. The van der Waals surface area contributed by atoms with E-state index in [0.29, 0.717) is 22.6 Å². The summed E-state index contributed by atoms with van der Waals surface area (Å²) < 4.78 is 0. The van der Waals surface area contributed by atoms with Gasteiger partial charge in [0.15, 0.2) is 5.82 Å². The van der Waals surface area contributed by atoms with Crippen molar-refractivity contribution >= 4 is 22.8 Å². The van der Waals surface area contributed by atoms with Crippen LogP contribution in [0.25, 0.3) is 21.7 Å². The number of H-pyrrole nitrogens is 1. The Morgan fingerprint density at radius 2 is 2.05 bits per heavy atom. The molecule has 0 amide bonds. The van der Waals surface area contributed by atoms with Crippen LogP contribution >= 0.6 is 11.3 Å². The van der Waals surface area contributed by atoms with Gasteiger partial charge in [0, 0.05) is 10.9 Å². The summed E-state index contributed by atoms with van der Waals surface area (Å²) in [6.45, 7) is 0. The van der Waals surface area contributed by atoms with E-state index < -0.39 is 4.92 Å². The number of nitro benzene ring substituents is 1. The lowest BCUT2D eigenvalue weighted by atomic mass is 10.0. The van der Waals surface area contributed by atoms with Crippen molar-refractivity contribution in [3.8, 4) is 21.7 Å². The van der Waals surface area contributed by atoms with Gasteiger partial charge in [-0.15, -0.1) is 11.3 Å². The van der Waals surface area contributed by atoms with Crippen LogP contribution < -0.4 is 5.73 Å². The summed E-state index contributed by atoms with van der Waals surface area (Å²) in [5, 5.41) is 19.9. The number of thiophene rings is 1. The molecule has 100 valence electrons. The number of nitrogens with two attached hydrogens (primary N) is 1. The van der Waals surface area contributed by atoms with Crippen molar-refractivity contribution in [1.29, 1.82) is 0 Å². The van der Waals surface area contributed by atoms with Crippen molar-refractivity contribution in [1.82, 2.24) is 10.2 Å². The van der Waals surface area contributed by atoms with Gasteiger partial charge < -0.3 is 5.73 Å². The van der Waals surface area contributed by atoms with Gasteiger partial charge in [0.25, 0.3) is 5.69 Å². The van der Waals surface area contributed by atoms with Gasteiger partial charge in [-0.3, -0.25) is 15.2 Å². The molecule has 0 unspecified atom stereocenters. The van der Waals surface area contributed by atoms with Gasteiger partial charge >= 0.3 is 0 Å². The molecule has 0 atom stereocenters. The maximum absolute atomic E-state index is 11.1. The molecule has 0 aliphatic heterocycles. The maximum Gasteiger partial charge on any atom is 0.278 e. The van der Waals surface area contributed by atoms with E-state index in [1.165, 1.54) is 17.4 Å². The molecule has 0 spiro atoms. The van der Waals surface area contributed by atoms with E-state index >= 15 is 0 Å². The Balaban J connectivity index is 2.25. The summed E-state index contributed by atoms with van der Waals surface area (Å²) in [6, 6.07) is 10.3. The third kappa shape index (κ3) is 1.94. The number of aromatic nitrogens is 2. The number of hydrogen-bond donors (Lipinski definition) is 2. The third-order valence-corrected chi connectivity index (χ3v) is 3.82. The van der Waals surface area contributed by atoms with Crippen LogP contribution in [0.4, 0.5) is 11.5 Å². The summed E-state index contributed by atoms with van der Waals surface area (Å²) in [7, 11) is 0. The van der Waals surface area contributed by atoms with E-state index in [4.69, 9.17) is 5.73 Å². The molecule has 3 aromatic rings. The highest BCUT2D eigenvalue weighted by molar-refractivity contribution is 7.13. The maximum atomic E-state index is 11.1. The molecule has 0 saturated heterocycles.